The third-order valence-electron chi connectivity index (χ3n) is 8.43. The van der Waals surface area contributed by atoms with E-state index in [1.165, 1.54) is 6.42 Å². The Hall–Kier alpha value is -4.58. The SMILES string of the molecule is COCCNC(=O)[C@@H]1C[C@@H]2CCCC[C@@H]2N1c1nc(C)nc(CNC(=O)c2ccc(-c3ccc(NC(=O)OC(C)(C)C)cc3)cc2)n1. The number of hydrogen-bond donors (Lipinski definition) is 3. The molecule has 47 heavy (non-hydrogen) atoms. The number of nitrogens with one attached hydrogen (secondary N) is 3. The Balaban J connectivity index is 1.22. The van der Waals surface area contributed by atoms with Crippen LogP contribution >= 0.6 is 0 Å². The molecule has 12 nitrogen and oxygen atoms in total. The van der Waals surface area contributed by atoms with Crippen molar-refractivity contribution in [2.75, 3.05) is 30.5 Å². The maximum atomic E-state index is 13.2. The van der Waals surface area contributed by atoms with Crippen LogP contribution in [0.4, 0.5) is 16.4 Å². The number of carbonyl (C=O) groups excluding carboxylic acids is 3. The Morgan fingerprint density at radius 1 is 0.915 bits per heavy atom. The lowest BCUT2D eigenvalue weighted by molar-refractivity contribution is -0.122. The number of carbonyl (C=O) groups is 3. The van der Waals surface area contributed by atoms with Crippen LogP contribution in [0, 0.1) is 12.8 Å². The van der Waals surface area contributed by atoms with Gasteiger partial charge in [-0.1, -0.05) is 37.1 Å². The van der Waals surface area contributed by atoms with Gasteiger partial charge in [0.15, 0.2) is 5.82 Å². The molecule has 0 bridgehead atoms. The zero-order valence-electron chi connectivity index (χ0n) is 27.8. The van der Waals surface area contributed by atoms with Crippen LogP contribution in [0.1, 0.15) is 74.9 Å². The molecule has 2 heterocycles. The van der Waals surface area contributed by atoms with Gasteiger partial charge in [-0.2, -0.15) is 9.97 Å². The van der Waals surface area contributed by atoms with E-state index in [2.05, 4.69) is 30.8 Å². The number of ether oxygens (including phenoxy) is 2. The number of rotatable bonds is 10. The molecule has 1 aliphatic heterocycles. The van der Waals surface area contributed by atoms with Crippen molar-refractivity contribution in [2.24, 2.45) is 5.92 Å². The zero-order chi connectivity index (χ0) is 33.6. The second-order valence-corrected chi connectivity index (χ2v) is 13.1. The summed E-state index contributed by atoms with van der Waals surface area (Å²) in [5.41, 5.74) is 2.41. The Kier molecular flexibility index (Phi) is 10.7. The molecule has 1 aromatic heterocycles. The van der Waals surface area contributed by atoms with Gasteiger partial charge in [0.2, 0.25) is 11.9 Å². The fourth-order valence-corrected chi connectivity index (χ4v) is 6.34. The van der Waals surface area contributed by atoms with E-state index in [4.69, 9.17) is 14.5 Å². The van der Waals surface area contributed by atoms with Crippen molar-refractivity contribution in [3.05, 3.63) is 65.7 Å². The first-order chi connectivity index (χ1) is 22.5. The lowest BCUT2D eigenvalue weighted by Gasteiger charge is -2.33. The normalized spacial score (nSPS) is 19.1. The van der Waals surface area contributed by atoms with Crippen LogP contribution in [-0.4, -0.2) is 70.8 Å². The highest BCUT2D eigenvalue weighted by Gasteiger charge is 2.46. The molecule has 3 atom stereocenters. The van der Waals surface area contributed by atoms with Crippen LogP contribution in [0.15, 0.2) is 48.5 Å². The van der Waals surface area contributed by atoms with Crippen LogP contribution in [-0.2, 0) is 20.8 Å². The first kappa shape index (κ1) is 33.8. The van der Waals surface area contributed by atoms with E-state index in [-0.39, 0.29) is 30.4 Å². The van der Waals surface area contributed by atoms with E-state index in [1.807, 2.05) is 45.0 Å². The second-order valence-electron chi connectivity index (χ2n) is 13.1. The number of fused-ring (bicyclic) bond motifs is 1. The summed E-state index contributed by atoms with van der Waals surface area (Å²) >= 11 is 0. The van der Waals surface area contributed by atoms with Gasteiger partial charge < -0.3 is 25.0 Å². The maximum absolute atomic E-state index is 13.2. The third-order valence-corrected chi connectivity index (χ3v) is 8.43. The summed E-state index contributed by atoms with van der Waals surface area (Å²) in [4.78, 5) is 54.3. The van der Waals surface area contributed by atoms with Crippen LogP contribution in [0.5, 0.6) is 0 Å². The molecule has 12 heteroatoms. The molecule has 3 N–H and O–H groups in total. The van der Waals surface area contributed by atoms with Crippen LogP contribution in [0.2, 0.25) is 0 Å². The van der Waals surface area contributed by atoms with Gasteiger partial charge in [-0.15, -0.1) is 0 Å². The van der Waals surface area contributed by atoms with Crippen LogP contribution < -0.4 is 20.9 Å². The summed E-state index contributed by atoms with van der Waals surface area (Å²) in [6.45, 7) is 8.26. The molecule has 3 amide bonds. The molecule has 3 aromatic rings. The van der Waals surface area contributed by atoms with Gasteiger partial charge >= 0.3 is 6.09 Å². The minimum absolute atomic E-state index is 0.0405. The highest BCUT2D eigenvalue weighted by atomic mass is 16.6. The van der Waals surface area contributed by atoms with Gasteiger partial charge in [-0.05, 0) is 88.3 Å². The number of anilines is 2. The molecule has 2 aromatic carbocycles. The van der Waals surface area contributed by atoms with Crippen molar-refractivity contribution < 1.29 is 23.9 Å². The summed E-state index contributed by atoms with van der Waals surface area (Å²) in [5.74, 6) is 1.58. The molecular weight excluding hydrogens is 598 g/mol. The molecule has 250 valence electrons. The van der Waals surface area contributed by atoms with Crippen molar-refractivity contribution in [1.29, 1.82) is 0 Å². The molecule has 5 rings (SSSR count). The molecule has 0 radical (unpaired) electrons. The highest BCUT2D eigenvalue weighted by molar-refractivity contribution is 5.94. The predicted molar refractivity (Wildman–Crippen MR) is 179 cm³/mol. The monoisotopic (exact) mass is 643 g/mol. The molecule has 0 unspecified atom stereocenters. The van der Waals surface area contributed by atoms with E-state index in [1.54, 1.807) is 38.3 Å². The van der Waals surface area contributed by atoms with Crippen molar-refractivity contribution in [2.45, 2.75) is 84.0 Å². The van der Waals surface area contributed by atoms with E-state index in [9.17, 15) is 14.4 Å². The lowest BCUT2D eigenvalue weighted by Crippen LogP contribution is -2.48. The largest absolute Gasteiger partial charge is 0.444 e. The maximum Gasteiger partial charge on any atom is 0.412 e. The van der Waals surface area contributed by atoms with E-state index in [0.717, 1.165) is 36.8 Å². The summed E-state index contributed by atoms with van der Waals surface area (Å²) in [6.07, 6.45) is 4.61. The summed E-state index contributed by atoms with van der Waals surface area (Å²) < 4.78 is 10.4. The number of amides is 3. The number of hydrogen-bond acceptors (Lipinski definition) is 9. The molecule has 1 saturated heterocycles. The summed E-state index contributed by atoms with van der Waals surface area (Å²) in [5, 5.41) is 8.66. The Bertz CT molecular complexity index is 1560. The van der Waals surface area contributed by atoms with E-state index >= 15 is 0 Å². The molecule has 2 aliphatic rings. The molecule has 1 saturated carbocycles. The highest BCUT2D eigenvalue weighted by Crippen LogP contribution is 2.41. The smallest absolute Gasteiger partial charge is 0.412 e. The van der Waals surface area contributed by atoms with E-state index < -0.39 is 11.7 Å². The summed E-state index contributed by atoms with van der Waals surface area (Å²) in [7, 11) is 1.61. The molecular formula is C35H45N7O5. The molecule has 2 fully saturated rings. The minimum Gasteiger partial charge on any atom is -0.444 e. The van der Waals surface area contributed by atoms with Crippen molar-refractivity contribution in [3.63, 3.8) is 0 Å². The minimum atomic E-state index is -0.579. The van der Waals surface area contributed by atoms with Crippen LogP contribution in [0.3, 0.4) is 0 Å². The standard InChI is InChI=1S/C35H45N7O5/c1-22-38-30(41-33(39-22)42-28-9-7-6-8-26(28)20-29(42)32(44)36-18-19-46-5)21-37-31(43)25-12-10-23(11-13-25)24-14-16-27(17-15-24)40-34(45)47-35(2,3)4/h10-17,26,28-29H,6-9,18-21H2,1-5H3,(H,36,44)(H,37,43)(H,40,45)/t26-,28-,29-/m0/s1. The number of benzene rings is 2. The van der Waals surface area contributed by atoms with Gasteiger partial charge in [0.05, 0.1) is 13.2 Å². The fraction of sp³-hybridized carbons (Fsp3) is 0.486. The van der Waals surface area contributed by atoms with Gasteiger partial charge in [-0.3, -0.25) is 14.9 Å². The number of methoxy groups -OCH3 is 1. The Morgan fingerprint density at radius 2 is 1.60 bits per heavy atom. The number of aryl methyl sites for hydroxylation is 1. The van der Waals surface area contributed by atoms with E-state index in [0.29, 0.717) is 47.9 Å². The number of aromatic nitrogens is 3. The van der Waals surface area contributed by atoms with Gasteiger partial charge in [0, 0.05) is 30.9 Å². The van der Waals surface area contributed by atoms with Crippen molar-refractivity contribution >= 4 is 29.5 Å². The average Bonchev–Trinajstić information content (AvgIpc) is 3.43. The van der Waals surface area contributed by atoms with Crippen molar-refractivity contribution in [1.82, 2.24) is 25.6 Å². The van der Waals surface area contributed by atoms with Gasteiger partial charge in [-0.25, -0.2) is 9.78 Å². The van der Waals surface area contributed by atoms with Crippen molar-refractivity contribution in [3.8, 4) is 11.1 Å². The molecule has 1 aliphatic carbocycles. The van der Waals surface area contributed by atoms with Gasteiger partial charge in [0.25, 0.3) is 5.91 Å². The zero-order valence-corrected chi connectivity index (χ0v) is 27.8. The van der Waals surface area contributed by atoms with Gasteiger partial charge in [0.1, 0.15) is 17.5 Å². The predicted octanol–water partition coefficient (Wildman–Crippen LogP) is 5.02. The Morgan fingerprint density at radius 3 is 2.28 bits per heavy atom. The lowest BCUT2D eigenvalue weighted by atomic mass is 9.85. The molecule has 0 spiro atoms. The average molecular weight is 644 g/mol. The Labute approximate surface area is 276 Å². The number of nitrogens with zero attached hydrogens (tertiary/aromatic N) is 4. The summed E-state index contributed by atoms with van der Waals surface area (Å²) in [6, 6.07) is 14.5. The second kappa shape index (κ2) is 14.9. The third kappa shape index (κ3) is 8.82. The van der Waals surface area contributed by atoms with Crippen LogP contribution in [0.25, 0.3) is 11.1 Å². The first-order valence-electron chi connectivity index (χ1n) is 16.3. The quantitative estimate of drug-likeness (QED) is 0.259. The first-order valence-corrected chi connectivity index (χ1v) is 16.3. The topological polar surface area (TPSA) is 148 Å². The fourth-order valence-electron chi connectivity index (χ4n) is 6.34.